The summed E-state index contributed by atoms with van der Waals surface area (Å²) in [6.07, 6.45) is 0.506. The van der Waals surface area contributed by atoms with E-state index in [0.29, 0.717) is 15.9 Å². The number of carbonyl (C=O) groups is 1. The van der Waals surface area contributed by atoms with Crippen LogP contribution in [-0.2, 0) is 14.3 Å². The van der Waals surface area contributed by atoms with Gasteiger partial charge < -0.3 is 10.4 Å². The van der Waals surface area contributed by atoms with E-state index in [9.17, 15) is 4.79 Å². The number of halogens is 2. The Morgan fingerprint density at radius 1 is 1.67 bits per heavy atom. The molecule has 0 saturated heterocycles. The molecule has 1 unspecified atom stereocenters. The van der Waals surface area contributed by atoms with Crippen LogP contribution in [0.15, 0.2) is 0 Å². The molecule has 6 heteroatoms. The first kappa shape index (κ1) is 16.1. The molecule has 0 spiro atoms. The predicted molar refractivity (Wildman–Crippen MR) is 63.3 cm³/mol. The predicted octanol–water partition coefficient (Wildman–Crippen LogP) is 1.31. The molecule has 2 N–H and O–H groups in total. The van der Waals surface area contributed by atoms with Gasteiger partial charge in [0.25, 0.3) is 0 Å². The summed E-state index contributed by atoms with van der Waals surface area (Å²) in [5.74, 6) is 0.0755. The van der Waals surface area contributed by atoms with Crippen LogP contribution in [0.3, 0.4) is 0 Å². The van der Waals surface area contributed by atoms with E-state index in [2.05, 4.69) is 45.3 Å². The van der Waals surface area contributed by atoms with Crippen LogP contribution in [0.1, 0.15) is 13.3 Å². The number of Topliss-reactive ketones (excluding diaryl/α,β-unsaturated/α-hetero) is 1. The molecule has 12 heavy (non-hydrogen) atoms. The number of aliphatic hydroxyl groups excluding tert-OH is 1. The summed E-state index contributed by atoms with van der Waals surface area (Å²) < 4.78 is 0. The number of carbonyl (C=O) groups excluding carboxylic acids is 1. The van der Waals surface area contributed by atoms with Gasteiger partial charge in [-0.1, -0.05) is 0 Å². The fourth-order valence-electron chi connectivity index (χ4n) is 0.680. The van der Waals surface area contributed by atoms with Crippen molar-refractivity contribution in [3.63, 3.8) is 0 Å². The molecule has 0 radical (unpaired) electrons. The SMILES string of the molecule is CNC(CCO)C(C)=O.[I][V][I]. The van der Waals surface area contributed by atoms with Crippen molar-refractivity contribution < 1.29 is 19.4 Å². The molecule has 0 aromatic rings. The van der Waals surface area contributed by atoms with Crippen LogP contribution in [0.5, 0.6) is 0 Å². The van der Waals surface area contributed by atoms with Crippen LogP contribution in [0.2, 0.25) is 0 Å². The monoisotopic (exact) mass is 436 g/mol. The van der Waals surface area contributed by atoms with E-state index in [4.69, 9.17) is 5.11 Å². The third-order valence-electron chi connectivity index (χ3n) is 1.26. The zero-order valence-electron chi connectivity index (χ0n) is 7.05. The van der Waals surface area contributed by atoms with Crippen molar-refractivity contribution in [2.75, 3.05) is 13.7 Å². The molecule has 0 aliphatic heterocycles. The Hall–Kier alpha value is 1.63. The maximum atomic E-state index is 10.6. The third kappa shape index (κ3) is 11.6. The fourth-order valence-corrected chi connectivity index (χ4v) is 0.680. The van der Waals surface area contributed by atoms with Gasteiger partial charge in [0.1, 0.15) is 5.78 Å². The molecule has 0 amide bonds. The summed E-state index contributed by atoms with van der Waals surface area (Å²) in [6.45, 7) is 1.57. The first-order chi connectivity index (χ1) is 5.63. The topological polar surface area (TPSA) is 49.3 Å². The molecule has 0 aromatic heterocycles. The van der Waals surface area contributed by atoms with E-state index in [-0.39, 0.29) is 18.4 Å². The first-order valence-electron chi connectivity index (χ1n) is 3.34. The Morgan fingerprint density at radius 2 is 2.08 bits per heavy atom. The molecule has 3 nitrogen and oxygen atoms in total. The summed E-state index contributed by atoms with van der Waals surface area (Å²) in [4.78, 5) is 10.6. The Morgan fingerprint density at radius 3 is 2.17 bits per heavy atom. The van der Waals surface area contributed by atoms with Crippen molar-refractivity contribution in [3.8, 4) is 0 Å². The minimum absolute atomic E-state index is 0.0606. The second kappa shape index (κ2) is 12.6. The summed E-state index contributed by atoms with van der Waals surface area (Å²) in [5, 5.41) is 11.2. The maximum absolute atomic E-state index is 10.6. The second-order valence-corrected chi connectivity index (χ2v) is 13.8. The Balaban J connectivity index is 0. The number of nitrogens with one attached hydrogen (secondary N) is 1. The molecule has 1 atom stereocenters. The Bertz CT molecular complexity index is 116. The van der Waals surface area contributed by atoms with Crippen molar-refractivity contribution in [2.45, 2.75) is 19.4 Å². The van der Waals surface area contributed by atoms with Gasteiger partial charge in [0.05, 0.1) is 6.04 Å². The van der Waals surface area contributed by atoms with E-state index in [0.717, 1.165) is 0 Å². The van der Waals surface area contributed by atoms with Gasteiger partial charge in [0, 0.05) is 6.61 Å². The zero-order valence-corrected chi connectivity index (χ0v) is 12.8. The van der Waals surface area contributed by atoms with Crippen LogP contribution in [0.4, 0.5) is 0 Å². The van der Waals surface area contributed by atoms with Crippen LogP contribution in [-0.4, -0.2) is 30.6 Å². The van der Waals surface area contributed by atoms with E-state index in [1.807, 2.05) is 0 Å². The van der Waals surface area contributed by atoms with Crippen LogP contribution >= 0.6 is 40.0 Å². The van der Waals surface area contributed by atoms with Crippen molar-refractivity contribution in [1.29, 1.82) is 0 Å². The van der Waals surface area contributed by atoms with Crippen molar-refractivity contribution >= 4 is 45.7 Å². The molecular formula is C6H13I2NO2V. The van der Waals surface area contributed by atoms with Gasteiger partial charge in [0.15, 0.2) is 0 Å². The number of likely N-dealkylation sites (N-methyl/N-ethyl adjacent to an activating group) is 1. The Kier molecular flexibility index (Phi) is 16.9. The number of aliphatic hydroxyl groups is 1. The average molecular weight is 436 g/mol. The van der Waals surface area contributed by atoms with Gasteiger partial charge in [-0.2, -0.15) is 0 Å². The number of ketones is 1. The van der Waals surface area contributed by atoms with Crippen LogP contribution in [0.25, 0.3) is 0 Å². The third-order valence-corrected chi connectivity index (χ3v) is 1.26. The Labute approximate surface area is 102 Å². The van der Waals surface area contributed by atoms with Gasteiger partial charge >= 0.3 is 49.4 Å². The van der Waals surface area contributed by atoms with Crippen LogP contribution in [0, 0.1) is 0 Å². The first-order valence-corrected chi connectivity index (χ1v) is 12.4. The van der Waals surface area contributed by atoms with Gasteiger partial charge in [-0.25, -0.2) is 0 Å². The number of hydrogen-bond donors (Lipinski definition) is 2. The van der Waals surface area contributed by atoms with E-state index in [1.54, 1.807) is 7.05 Å². The minimum atomic E-state index is -0.171. The summed E-state index contributed by atoms with van der Waals surface area (Å²) >= 11 is 4.74. The van der Waals surface area contributed by atoms with Gasteiger partial charge in [-0.3, -0.25) is 4.79 Å². The molecule has 0 fully saturated rings. The van der Waals surface area contributed by atoms with E-state index in [1.165, 1.54) is 6.92 Å². The number of hydrogen-bond acceptors (Lipinski definition) is 3. The zero-order chi connectivity index (χ0) is 9.98. The quantitative estimate of drug-likeness (QED) is 0.655. The van der Waals surface area contributed by atoms with Crippen molar-refractivity contribution in [2.24, 2.45) is 0 Å². The molecule has 0 saturated carbocycles. The molecule has 73 valence electrons. The fraction of sp³-hybridized carbons (Fsp3) is 0.833. The summed E-state index contributed by atoms with van der Waals surface area (Å²) in [7, 11) is 2.34. The van der Waals surface area contributed by atoms with Gasteiger partial charge in [-0.15, -0.1) is 0 Å². The van der Waals surface area contributed by atoms with Crippen LogP contribution < -0.4 is 5.32 Å². The summed E-state index contributed by atoms with van der Waals surface area (Å²) in [5.41, 5.74) is 0. The van der Waals surface area contributed by atoms with Crippen molar-refractivity contribution in [1.82, 2.24) is 5.32 Å². The molecule has 0 rings (SSSR count). The standard InChI is InChI=1S/C6H13NO2.2HI.V/c1-5(9)6(7-2)3-4-8;;;/h6-8H,3-4H2,1-2H3;2*1H;/q;;;+2/p-2. The molecule has 0 aliphatic carbocycles. The van der Waals surface area contributed by atoms with Gasteiger partial charge in [-0.05, 0) is 20.4 Å². The normalized spacial score (nSPS) is 11.1. The van der Waals surface area contributed by atoms with E-state index >= 15 is 0 Å². The number of rotatable bonds is 4. The summed E-state index contributed by atoms with van der Waals surface area (Å²) in [6, 6.07) is -0.171. The molecule has 0 bridgehead atoms. The molecule has 0 aromatic carbocycles. The van der Waals surface area contributed by atoms with E-state index < -0.39 is 0 Å². The molecular weight excluding hydrogens is 423 g/mol. The van der Waals surface area contributed by atoms with Crippen molar-refractivity contribution in [3.05, 3.63) is 0 Å². The second-order valence-electron chi connectivity index (χ2n) is 2.03. The molecule has 0 aliphatic rings. The molecule has 0 heterocycles. The average Bonchev–Trinajstić information content (AvgIpc) is 2.01. The van der Waals surface area contributed by atoms with Gasteiger partial charge in [0.2, 0.25) is 0 Å².